The molecule has 2 atom stereocenters. The first-order chi connectivity index (χ1) is 10.0. The molecule has 1 N–H and O–H groups in total. The lowest BCUT2D eigenvalue weighted by atomic mass is 9.90. The number of likely N-dealkylation sites (tertiary alicyclic amines) is 1. The van der Waals surface area contributed by atoms with Crippen LogP contribution in [0.2, 0.25) is 0 Å². The molecule has 1 aliphatic rings. The van der Waals surface area contributed by atoms with Gasteiger partial charge in [0, 0.05) is 19.3 Å². The van der Waals surface area contributed by atoms with Crippen molar-refractivity contribution in [3.05, 3.63) is 36.4 Å². The molecule has 110 valence electrons. The first-order valence-electron chi connectivity index (χ1n) is 6.98. The Morgan fingerprint density at radius 3 is 2.90 bits per heavy atom. The molecule has 21 heavy (non-hydrogen) atoms. The SMILES string of the molecule is CC1CC(C(=O)O)CN(C(=O)c2ccc3cncn3c2)C1. The largest absolute Gasteiger partial charge is 0.481 e. The van der Waals surface area contributed by atoms with Gasteiger partial charge in [-0.3, -0.25) is 9.59 Å². The summed E-state index contributed by atoms with van der Waals surface area (Å²) in [7, 11) is 0. The summed E-state index contributed by atoms with van der Waals surface area (Å²) in [6.07, 6.45) is 5.72. The number of piperidine rings is 1. The zero-order valence-electron chi connectivity index (χ0n) is 11.8. The fourth-order valence-electron chi connectivity index (χ4n) is 2.93. The van der Waals surface area contributed by atoms with Gasteiger partial charge in [0.15, 0.2) is 0 Å². The number of aliphatic carboxylic acids is 1. The van der Waals surface area contributed by atoms with Crippen LogP contribution in [0.3, 0.4) is 0 Å². The third kappa shape index (κ3) is 2.61. The Kier molecular flexibility index (Phi) is 3.37. The minimum absolute atomic E-state index is 0.122. The number of imidazole rings is 1. The van der Waals surface area contributed by atoms with Crippen molar-refractivity contribution in [1.82, 2.24) is 14.3 Å². The van der Waals surface area contributed by atoms with Crippen LogP contribution in [0.5, 0.6) is 0 Å². The lowest BCUT2D eigenvalue weighted by molar-refractivity contribution is -0.143. The Bertz CT molecular complexity index is 694. The summed E-state index contributed by atoms with van der Waals surface area (Å²) in [5.74, 6) is -1.23. The maximum absolute atomic E-state index is 12.6. The van der Waals surface area contributed by atoms with E-state index < -0.39 is 11.9 Å². The van der Waals surface area contributed by atoms with Gasteiger partial charge in [-0.2, -0.15) is 0 Å². The lowest BCUT2D eigenvalue weighted by Crippen LogP contribution is -2.45. The molecule has 1 amide bonds. The topological polar surface area (TPSA) is 74.9 Å². The highest BCUT2D eigenvalue weighted by atomic mass is 16.4. The Morgan fingerprint density at radius 2 is 2.14 bits per heavy atom. The molecule has 3 rings (SSSR count). The van der Waals surface area contributed by atoms with Crippen molar-refractivity contribution in [3.8, 4) is 0 Å². The Morgan fingerprint density at radius 1 is 1.33 bits per heavy atom. The highest BCUT2D eigenvalue weighted by Crippen LogP contribution is 2.23. The van der Waals surface area contributed by atoms with Gasteiger partial charge in [-0.25, -0.2) is 4.98 Å². The predicted molar refractivity (Wildman–Crippen MR) is 76.0 cm³/mol. The second-order valence-electron chi connectivity index (χ2n) is 5.73. The van der Waals surface area contributed by atoms with Gasteiger partial charge in [0.05, 0.1) is 29.5 Å². The standard InChI is InChI=1S/C15H17N3O3/c1-10-4-12(15(20)21)8-17(6-10)14(19)11-2-3-13-5-16-9-18(13)7-11/h2-3,5,7,9-10,12H,4,6,8H2,1H3,(H,20,21). The minimum Gasteiger partial charge on any atom is -0.481 e. The van der Waals surface area contributed by atoms with E-state index in [-0.39, 0.29) is 18.4 Å². The van der Waals surface area contributed by atoms with Crippen molar-refractivity contribution in [2.75, 3.05) is 13.1 Å². The second-order valence-corrected chi connectivity index (χ2v) is 5.73. The summed E-state index contributed by atoms with van der Waals surface area (Å²) >= 11 is 0. The van der Waals surface area contributed by atoms with Crippen LogP contribution in [0, 0.1) is 11.8 Å². The zero-order chi connectivity index (χ0) is 15.0. The molecule has 1 fully saturated rings. The van der Waals surface area contributed by atoms with Crippen molar-refractivity contribution in [3.63, 3.8) is 0 Å². The van der Waals surface area contributed by atoms with Crippen LogP contribution in [-0.2, 0) is 4.79 Å². The van der Waals surface area contributed by atoms with Crippen LogP contribution >= 0.6 is 0 Å². The van der Waals surface area contributed by atoms with Crippen molar-refractivity contribution in [2.24, 2.45) is 11.8 Å². The zero-order valence-corrected chi connectivity index (χ0v) is 11.8. The summed E-state index contributed by atoms with van der Waals surface area (Å²) in [6.45, 7) is 2.86. The third-order valence-electron chi connectivity index (χ3n) is 3.95. The molecule has 0 aliphatic carbocycles. The third-order valence-corrected chi connectivity index (χ3v) is 3.95. The Balaban J connectivity index is 1.84. The number of amides is 1. The maximum atomic E-state index is 12.6. The Hall–Kier alpha value is -2.37. The number of aromatic nitrogens is 2. The monoisotopic (exact) mass is 287 g/mol. The van der Waals surface area contributed by atoms with Crippen molar-refractivity contribution < 1.29 is 14.7 Å². The number of carbonyl (C=O) groups excluding carboxylic acids is 1. The minimum atomic E-state index is -0.829. The van der Waals surface area contributed by atoms with E-state index in [1.807, 2.05) is 13.0 Å². The average Bonchev–Trinajstić information content (AvgIpc) is 2.93. The molecular formula is C15H17N3O3. The van der Waals surface area contributed by atoms with Crippen LogP contribution < -0.4 is 0 Å². The van der Waals surface area contributed by atoms with Gasteiger partial charge in [-0.15, -0.1) is 0 Å². The van der Waals surface area contributed by atoms with E-state index in [2.05, 4.69) is 4.98 Å². The van der Waals surface area contributed by atoms with E-state index in [4.69, 9.17) is 0 Å². The first-order valence-corrected chi connectivity index (χ1v) is 6.98. The molecular weight excluding hydrogens is 270 g/mol. The molecule has 0 aromatic carbocycles. The fourth-order valence-corrected chi connectivity index (χ4v) is 2.93. The van der Waals surface area contributed by atoms with E-state index in [9.17, 15) is 14.7 Å². The number of hydrogen-bond donors (Lipinski definition) is 1. The number of fused-ring (bicyclic) bond motifs is 1. The fraction of sp³-hybridized carbons (Fsp3) is 0.400. The number of carboxylic acid groups (broad SMARTS) is 1. The van der Waals surface area contributed by atoms with Crippen molar-refractivity contribution >= 4 is 17.4 Å². The molecule has 0 radical (unpaired) electrons. The molecule has 2 aromatic rings. The summed E-state index contributed by atoms with van der Waals surface area (Å²) < 4.78 is 1.79. The summed E-state index contributed by atoms with van der Waals surface area (Å²) in [5, 5.41) is 9.19. The Labute approximate surface area is 122 Å². The molecule has 6 heteroatoms. The van der Waals surface area contributed by atoms with Crippen LogP contribution in [0.4, 0.5) is 0 Å². The smallest absolute Gasteiger partial charge is 0.308 e. The van der Waals surface area contributed by atoms with E-state index >= 15 is 0 Å². The highest BCUT2D eigenvalue weighted by molar-refractivity contribution is 5.94. The number of nitrogens with zero attached hydrogens (tertiary/aromatic N) is 3. The van der Waals surface area contributed by atoms with Gasteiger partial charge in [0.1, 0.15) is 0 Å². The van der Waals surface area contributed by atoms with E-state index in [0.717, 1.165) is 5.52 Å². The van der Waals surface area contributed by atoms with Crippen LogP contribution in [0.25, 0.3) is 5.52 Å². The summed E-state index contributed by atoms with van der Waals surface area (Å²) in [5.41, 5.74) is 1.47. The van der Waals surface area contributed by atoms with Gasteiger partial charge >= 0.3 is 5.97 Å². The number of rotatable bonds is 2. The van der Waals surface area contributed by atoms with Crippen LogP contribution in [-0.4, -0.2) is 44.4 Å². The molecule has 2 aromatic heterocycles. The number of hydrogen-bond acceptors (Lipinski definition) is 3. The molecule has 1 aliphatic heterocycles. The molecule has 6 nitrogen and oxygen atoms in total. The van der Waals surface area contributed by atoms with Crippen molar-refractivity contribution in [1.29, 1.82) is 0 Å². The number of carboxylic acids is 1. The van der Waals surface area contributed by atoms with Gasteiger partial charge in [-0.1, -0.05) is 6.92 Å². The van der Waals surface area contributed by atoms with Crippen molar-refractivity contribution in [2.45, 2.75) is 13.3 Å². The van der Waals surface area contributed by atoms with E-state index in [1.54, 1.807) is 34.1 Å². The van der Waals surface area contributed by atoms with Crippen LogP contribution in [0.1, 0.15) is 23.7 Å². The molecule has 3 heterocycles. The van der Waals surface area contributed by atoms with Gasteiger partial charge in [-0.05, 0) is 24.5 Å². The molecule has 0 bridgehead atoms. The first kappa shape index (κ1) is 13.6. The average molecular weight is 287 g/mol. The van der Waals surface area contributed by atoms with E-state index in [1.165, 1.54) is 0 Å². The summed E-state index contributed by atoms with van der Waals surface area (Å²) in [6, 6.07) is 3.59. The van der Waals surface area contributed by atoms with Gasteiger partial charge in [0.25, 0.3) is 5.91 Å². The highest BCUT2D eigenvalue weighted by Gasteiger charge is 2.32. The number of pyridine rings is 1. The molecule has 0 spiro atoms. The quantitative estimate of drug-likeness (QED) is 0.908. The summed E-state index contributed by atoms with van der Waals surface area (Å²) in [4.78, 5) is 29.4. The van der Waals surface area contributed by atoms with Gasteiger partial charge in [0.2, 0.25) is 0 Å². The normalized spacial score (nSPS) is 22.4. The molecule has 2 unspecified atom stereocenters. The molecule has 0 saturated carbocycles. The predicted octanol–water partition coefficient (Wildman–Crippen LogP) is 1.52. The maximum Gasteiger partial charge on any atom is 0.308 e. The second kappa shape index (κ2) is 5.20. The lowest BCUT2D eigenvalue weighted by Gasteiger charge is -2.34. The number of carbonyl (C=O) groups is 2. The van der Waals surface area contributed by atoms with Gasteiger partial charge < -0.3 is 14.4 Å². The van der Waals surface area contributed by atoms with Crippen LogP contribution in [0.15, 0.2) is 30.9 Å². The van der Waals surface area contributed by atoms with E-state index in [0.29, 0.717) is 18.5 Å². The molecule has 1 saturated heterocycles.